The average Bonchev–Trinajstić information content (AvgIpc) is 2.49. The molecule has 0 heterocycles. The molecule has 1 aromatic carbocycles. The molecule has 1 aromatic rings. The number of nitrogens with two attached hydrogens (primary N) is 1. The molecule has 2 aliphatic rings. The third-order valence-electron chi connectivity index (χ3n) is 5.05. The van der Waals surface area contributed by atoms with Crippen molar-refractivity contribution in [3.05, 3.63) is 35.9 Å². The molecule has 2 unspecified atom stereocenters. The molecule has 0 spiro atoms. The molecule has 0 aromatic heterocycles. The van der Waals surface area contributed by atoms with E-state index in [1.54, 1.807) is 0 Å². The van der Waals surface area contributed by atoms with Crippen molar-refractivity contribution in [3.63, 3.8) is 0 Å². The normalized spacial score (nSPS) is 29.4. The zero-order chi connectivity index (χ0) is 15.4. The maximum absolute atomic E-state index is 12.1. The molecule has 2 aliphatic carbocycles. The van der Waals surface area contributed by atoms with Crippen molar-refractivity contribution in [3.8, 4) is 0 Å². The van der Waals surface area contributed by atoms with E-state index in [-0.39, 0.29) is 24.9 Å². The van der Waals surface area contributed by atoms with Crippen molar-refractivity contribution in [2.75, 3.05) is 6.61 Å². The summed E-state index contributed by atoms with van der Waals surface area (Å²) in [4.78, 5) is 12.1. The maximum atomic E-state index is 12.1. The highest BCUT2D eigenvalue weighted by molar-refractivity contribution is 5.85. The Kier molecular flexibility index (Phi) is 6.88. The van der Waals surface area contributed by atoms with Gasteiger partial charge in [0.15, 0.2) is 0 Å². The molecule has 2 saturated carbocycles. The zero-order valence-corrected chi connectivity index (χ0v) is 14.3. The average molecular weight is 339 g/mol. The first-order chi connectivity index (χ1) is 10.7. The van der Waals surface area contributed by atoms with Crippen LogP contribution in [0.5, 0.6) is 0 Å². The number of carbonyl (C=O) groups excluding carboxylic acids is 1. The second-order valence-electron chi connectivity index (χ2n) is 6.75. The predicted molar refractivity (Wildman–Crippen MR) is 93.3 cm³/mol. The number of carbonyl (C=O) groups is 1. The minimum absolute atomic E-state index is 0. The Labute approximate surface area is 144 Å². The SMILES string of the molecule is Cl.NC1CC2CCCC(C1)C2NC(=O)COCc1ccccc1. The van der Waals surface area contributed by atoms with Gasteiger partial charge in [-0.1, -0.05) is 36.8 Å². The van der Waals surface area contributed by atoms with E-state index in [1.165, 1.54) is 19.3 Å². The summed E-state index contributed by atoms with van der Waals surface area (Å²) in [5, 5.41) is 3.21. The van der Waals surface area contributed by atoms with Gasteiger partial charge in [0, 0.05) is 12.1 Å². The largest absolute Gasteiger partial charge is 0.367 e. The lowest BCUT2D eigenvalue weighted by atomic mass is 9.67. The molecule has 23 heavy (non-hydrogen) atoms. The molecular weight excluding hydrogens is 312 g/mol. The summed E-state index contributed by atoms with van der Waals surface area (Å²) < 4.78 is 5.53. The number of nitrogens with one attached hydrogen (secondary N) is 1. The highest BCUT2D eigenvalue weighted by Gasteiger charge is 2.39. The number of halogens is 1. The number of fused-ring (bicyclic) bond motifs is 2. The summed E-state index contributed by atoms with van der Waals surface area (Å²) in [6.45, 7) is 0.619. The molecule has 4 nitrogen and oxygen atoms in total. The van der Waals surface area contributed by atoms with Crippen LogP contribution in [0.15, 0.2) is 30.3 Å². The van der Waals surface area contributed by atoms with Gasteiger partial charge in [-0.3, -0.25) is 4.79 Å². The van der Waals surface area contributed by atoms with Gasteiger partial charge in [0.1, 0.15) is 6.61 Å². The van der Waals surface area contributed by atoms with Crippen LogP contribution in [0.3, 0.4) is 0 Å². The van der Waals surface area contributed by atoms with Gasteiger partial charge in [-0.2, -0.15) is 0 Å². The first-order valence-corrected chi connectivity index (χ1v) is 8.39. The lowest BCUT2D eigenvalue weighted by Crippen LogP contribution is -2.54. The molecule has 0 aliphatic heterocycles. The molecule has 2 fully saturated rings. The van der Waals surface area contributed by atoms with Crippen LogP contribution in [0.25, 0.3) is 0 Å². The van der Waals surface area contributed by atoms with Crippen LogP contribution in [-0.4, -0.2) is 24.6 Å². The van der Waals surface area contributed by atoms with Crippen molar-refractivity contribution in [1.29, 1.82) is 0 Å². The smallest absolute Gasteiger partial charge is 0.246 e. The van der Waals surface area contributed by atoms with Crippen LogP contribution in [-0.2, 0) is 16.1 Å². The molecule has 2 bridgehead atoms. The Morgan fingerprint density at radius 1 is 1.17 bits per heavy atom. The Morgan fingerprint density at radius 3 is 2.48 bits per heavy atom. The topological polar surface area (TPSA) is 64.3 Å². The van der Waals surface area contributed by atoms with Gasteiger partial charge in [0.05, 0.1) is 6.61 Å². The van der Waals surface area contributed by atoms with Gasteiger partial charge in [-0.05, 0) is 43.1 Å². The van der Waals surface area contributed by atoms with Crippen molar-refractivity contribution in [2.45, 2.75) is 50.8 Å². The van der Waals surface area contributed by atoms with Gasteiger partial charge in [-0.25, -0.2) is 0 Å². The fourth-order valence-electron chi connectivity index (χ4n) is 4.09. The highest BCUT2D eigenvalue weighted by Crippen LogP contribution is 2.39. The lowest BCUT2D eigenvalue weighted by Gasteiger charge is -2.45. The number of benzene rings is 1. The van der Waals surface area contributed by atoms with Crippen LogP contribution in [0.4, 0.5) is 0 Å². The van der Waals surface area contributed by atoms with Gasteiger partial charge >= 0.3 is 0 Å². The lowest BCUT2D eigenvalue weighted by molar-refractivity contribution is -0.128. The van der Waals surface area contributed by atoms with Gasteiger partial charge < -0.3 is 15.8 Å². The minimum atomic E-state index is 0. The minimum Gasteiger partial charge on any atom is -0.367 e. The van der Waals surface area contributed by atoms with E-state index in [4.69, 9.17) is 10.5 Å². The second kappa shape index (κ2) is 8.67. The van der Waals surface area contributed by atoms with Crippen LogP contribution < -0.4 is 11.1 Å². The molecule has 2 atom stereocenters. The standard InChI is InChI=1S/C18H26N2O2.ClH/c19-16-9-14-7-4-8-15(10-16)18(14)20-17(21)12-22-11-13-5-2-1-3-6-13;/h1-3,5-6,14-16,18H,4,7-12,19H2,(H,20,21);1H. The molecular formula is C18H27ClN2O2. The van der Waals surface area contributed by atoms with Crippen molar-refractivity contribution in [2.24, 2.45) is 17.6 Å². The number of ether oxygens (including phenoxy) is 1. The van der Waals surface area contributed by atoms with E-state index >= 15 is 0 Å². The number of hydrogen-bond acceptors (Lipinski definition) is 3. The summed E-state index contributed by atoms with van der Waals surface area (Å²) >= 11 is 0. The van der Waals surface area contributed by atoms with Crippen LogP contribution in [0.2, 0.25) is 0 Å². The number of hydrogen-bond donors (Lipinski definition) is 2. The molecule has 128 valence electrons. The summed E-state index contributed by atoms with van der Waals surface area (Å²) in [7, 11) is 0. The molecule has 3 rings (SSSR count). The Balaban J connectivity index is 0.00000192. The van der Waals surface area contributed by atoms with Crippen LogP contribution >= 0.6 is 12.4 Å². The molecule has 0 radical (unpaired) electrons. The van der Waals surface area contributed by atoms with E-state index in [1.807, 2.05) is 30.3 Å². The summed E-state index contributed by atoms with van der Waals surface area (Å²) in [6.07, 6.45) is 5.76. The summed E-state index contributed by atoms with van der Waals surface area (Å²) in [6, 6.07) is 10.6. The Hall–Kier alpha value is -1.10. The third kappa shape index (κ3) is 4.93. The monoisotopic (exact) mass is 338 g/mol. The molecule has 5 heteroatoms. The van der Waals surface area contributed by atoms with Gasteiger partial charge in [0.2, 0.25) is 5.91 Å². The van der Waals surface area contributed by atoms with Crippen molar-refractivity contribution < 1.29 is 9.53 Å². The first kappa shape index (κ1) is 18.2. The zero-order valence-electron chi connectivity index (χ0n) is 13.4. The summed E-state index contributed by atoms with van der Waals surface area (Å²) in [5.74, 6) is 1.12. The first-order valence-electron chi connectivity index (χ1n) is 8.39. The fourth-order valence-corrected chi connectivity index (χ4v) is 4.09. The van der Waals surface area contributed by atoms with E-state index in [2.05, 4.69) is 5.32 Å². The van der Waals surface area contributed by atoms with E-state index in [9.17, 15) is 4.79 Å². The van der Waals surface area contributed by atoms with E-state index in [0.717, 1.165) is 18.4 Å². The molecule has 0 saturated heterocycles. The predicted octanol–water partition coefficient (Wildman–Crippen LogP) is 2.65. The van der Waals surface area contributed by atoms with Crippen LogP contribution in [0.1, 0.15) is 37.7 Å². The molecule has 3 N–H and O–H groups in total. The van der Waals surface area contributed by atoms with Gasteiger partial charge in [-0.15, -0.1) is 12.4 Å². The van der Waals surface area contributed by atoms with Crippen LogP contribution in [0, 0.1) is 11.8 Å². The molecule has 1 amide bonds. The Bertz CT molecular complexity index is 483. The fraction of sp³-hybridized carbons (Fsp3) is 0.611. The summed E-state index contributed by atoms with van der Waals surface area (Å²) in [5.41, 5.74) is 7.22. The van der Waals surface area contributed by atoms with E-state index < -0.39 is 0 Å². The number of amides is 1. The van der Waals surface area contributed by atoms with Crippen molar-refractivity contribution >= 4 is 18.3 Å². The maximum Gasteiger partial charge on any atom is 0.246 e. The second-order valence-corrected chi connectivity index (χ2v) is 6.75. The van der Waals surface area contributed by atoms with Gasteiger partial charge in [0.25, 0.3) is 0 Å². The highest BCUT2D eigenvalue weighted by atomic mass is 35.5. The van der Waals surface area contributed by atoms with E-state index in [0.29, 0.717) is 30.5 Å². The van der Waals surface area contributed by atoms with Crippen molar-refractivity contribution in [1.82, 2.24) is 5.32 Å². The number of rotatable bonds is 5. The quantitative estimate of drug-likeness (QED) is 0.867. The Morgan fingerprint density at radius 2 is 1.83 bits per heavy atom. The third-order valence-corrected chi connectivity index (χ3v) is 5.05.